The molecule has 2 atom stereocenters. The minimum Gasteiger partial charge on any atom is -0.495 e. The lowest BCUT2D eigenvalue weighted by Crippen LogP contribution is -2.33. The van der Waals surface area contributed by atoms with Crippen molar-refractivity contribution < 1.29 is 8.95 Å². The maximum absolute atomic E-state index is 11.6. The molecule has 2 aromatic rings. The average molecular weight is 374 g/mol. The van der Waals surface area contributed by atoms with Crippen molar-refractivity contribution in [2.75, 3.05) is 7.11 Å². The maximum atomic E-state index is 11.6. The van der Waals surface area contributed by atoms with Crippen molar-refractivity contribution in [1.29, 1.82) is 0 Å². The first-order valence-electron chi connectivity index (χ1n) is 6.63. The summed E-state index contributed by atoms with van der Waals surface area (Å²) in [6.45, 7) is 5.89. The fraction of sp³-hybridized carbons (Fsp3) is 0.500. The Labute approximate surface area is 135 Å². The molecule has 0 aliphatic rings. The summed E-state index contributed by atoms with van der Waals surface area (Å²) >= 11 is 3.50. The molecule has 0 saturated carbocycles. The number of aromatic nitrogens is 2. The first-order chi connectivity index (χ1) is 9.74. The van der Waals surface area contributed by atoms with E-state index in [4.69, 9.17) is 9.88 Å². The van der Waals surface area contributed by atoms with Crippen LogP contribution in [0.25, 0.3) is 5.65 Å². The number of halogens is 1. The molecule has 0 aliphatic heterocycles. The zero-order valence-corrected chi connectivity index (χ0v) is 15.0. The Morgan fingerprint density at radius 3 is 2.76 bits per heavy atom. The van der Waals surface area contributed by atoms with Gasteiger partial charge in [-0.3, -0.25) is 5.14 Å². The van der Waals surface area contributed by atoms with E-state index in [0.717, 1.165) is 21.6 Å². The topological polar surface area (TPSA) is 69.6 Å². The number of nitrogens with zero attached hydrogens (tertiary/aromatic N) is 2. The van der Waals surface area contributed by atoms with Gasteiger partial charge in [0.05, 0.1) is 39.2 Å². The average Bonchev–Trinajstić information content (AvgIpc) is 2.82. The predicted octanol–water partition coefficient (Wildman–Crippen LogP) is 3.00. The van der Waals surface area contributed by atoms with Gasteiger partial charge >= 0.3 is 0 Å². The summed E-state index contributed by atoms with van der Waals surface area (Å²) in [4.78, 5) is 4.65. The zero-order chi connectivity index (χ0) is 15.8. The molecule has 0 amide bonds. The van der Waals surface area contributed by atoms with E-state index >= 15 is 0 Å². The summed E-state index contributed by atoms with van der Waals surface area (Å²) < 4.78 is 19.2. The molecular weight excluding hydrogens is 354 g/mol. The van der Waals surface area contributed by atoms with Crippen molar-refractivity contribution in [2.24, 2.45) is 5.14 Å². The summed E-state index contributed by atoms with van der Waals surface area (Å²) in [6, 6.07) is 1.88. The highest BCUT2D eigenvalue weighted by molar-refractivity contribution is 9.10. The summed E-state index contributed by atoms with van der Waals surface area (Å²) in [7, 11) is 0.271. The molecular formula is C14H20BrN3O2S. The first-order valence-corrected chi connectivity index (χ1v) is 8.63. The number of nitrogens with two attached hydrogens (primary N) is 1. The number of fused-ring (bicyclic) bond motifs is 1. The van der Waals surface area contributed by atoms with Crippen molar-refractivity contribution >= 4 is 32.6 Å². The Morgan fingerprint density at radius 1 is 1.52 bits per heavy atom. The van der Waals surface area contributed by atoms with E-state index in [9.17, 15) is 4.21 Å². The van der Waals surface area contributed by atoms with Crippen LogP contribution in [0.1, 0.15) is 38.8 Å². The third-order valence-electron chi connectivity index (χ3n) is 3.58. The predicted molar refractivity (Wildman–Crippen MR) is 88.9 cm³/mol. The Morgan fingerprint density at radius 2 is 2.19 bits per heavy atom. The van der Waals surface area contributed by atoms with Crippen LogP contribution in [0.15, 0.2) is 22.9 Å². The van der Waals surface area contributed by atoms with E-state index in [1.807, 2.05) is 36.7 Å². The fourth-order valence-electron chi connectivity index (χ4n) is 2.32. The molecule has 2 heterocycles. The first kappa shape index (κ1) is 16.5. The molecule has 5 nitrogen and oxygen atoms in total. The largest absolute Gasteiger partial charge is 0.495 e. The smallest absolute Gasteiger partial charge is 0.151 e. The van der Waals surface area contributed by atoms with Gasteiger partial charge in [-0.05, 0) is 42.3 Å². The molecule has 0 fully saturated rings. The number of rotatable bonds is 5. The van der Waals surface area contributed by atoms with Crippen LogP contribution in [0.5, 0.6) is 5.75 Å². The van der Waals surface area contributed by atoms with Gasteiger partial charge in [-0.25, -0.2) is 9.19 Å². The molecule has 1 unspecified atom stereocenters. The fourth-order valence-corrected chi connectivity index (χ4v) is 3.26. The number of hydrogen-bond donors (Lipinski definition) is 1. The van der Waals surface area contributed by atoms with Crippen LogP contribution >= 0.6 is 15.9 Å². The van der Waals surface area contributed by atoms with Gasteiger partial charge in [-0.2, -0.15) is 0 Å². The van der Waals surface area contributed by atoms with Gasteiger partial charge in [0.1, 0.15) is 5.75 Å². The van der Waals surface area contributed by atoms with Gasteiger partial charge in [-0.1, -0.05) is 6.92 Å². The zero-order valence-electron chi connectivity index (χ0n) is 12.6. The van der Waals surface area contributed by atoms with E-state index < -0.39 is 15.7 Å². The number of methoxy groups -OCH3 is 1. The minimum absolute atomic E-state index is 0.158. The van der Waals surface area contributed by atoms with E-state index in [2.05, 4.69) is 27.8 Å². The van der Waals surface area contributed by atoms with Crippen LogP contribution in [-0.4, -0.2) is 25.5 Å². The van der Waals surface area contributed by atoms with Crippen LogP contribution in [0.3, 0.4) is 0 Å². The lowest BCUT2D eigenvalue weighted by atomic mass is 9.96. The molecule has 2 rings (SSSR count). The quantitative estimate of drug-likeness (QED) is 0.875. The standard InChI is InChI=1S/C14H20BrN3O2S/c1-9(6-14(2,3)21(16)19)12-8-18-7-10(20-4)5-11(15)13(18)17-12/h5,7-9H,6,16H2,1-4H3/t9-,21?/m1/s1. The number of pyridine rings is 1. The lowest BCUT2D eigenvalue weighted by Gasteiger charge is -2.24. The molecule has 116 valence electrons. The van der Waals surface area contributed by atoms with Gasteiger partial charge < -0.3 is 9.14 Å². The van der Waals surface area contributed by atoms with E-state index in [-0.39, 0.29) is 5.92 Å². The van der Waals surface area contributed by atoms with Gasteiger partial charge in [0, 0.05) is 12.1 Å². The summed E-state index contributed by atoms with van der Waals surface area (Å²) in [6.07, 6.45) is 4.56. The molecule has 0 bridgehead atoms. The Bertz CT molecular complexity index is 684. The van der Waals surface area contributed by atoms with Gasteiger partial charge in [-0.15, -0.1) is 0 Å². The Hall–Kier alpha value is -0.920. The van der Waals surface area contributed by atoms with Crippen molar-refractivity contribution in [2.45, 2.75) is 37.9 Å². The van der Waals surface area contributed by atoms with Gasteiger partial charge in [0.25, 0.3) is 0 Å². The maximum Gasteiger partial charge on any atom is 0.151 e. The van der Waals surface area contributed by atoms with E-state index in [1.165, 1.54) is 0 Å². The molecule has 2 aromatic heterocycles. The molecule has 21 heavy (non-hydrogen) atoms. The number of hydrogen-bond acceptors (Lipinski definition) is 3. The van der Waals surface area contributed by atoms with Crippen molar-refractivity contribution in [3.05, 3.63) is 28.6 Å². The third kappa shape index (κ3) is 3.46. The van der Waals surface area contributed by atoms with E-state index in [0.29, 0.717) is 6.42 Å². The second-order valence-corrected chi connectivity index (χ2v) is 8.34. The minimum atomic E-state index is -1.36. The molecule has 7 heteroatoms. The van der Waals surface area contributed by atoms with Crippen LogP contribution in [0, 0.1) is 0 Å². The normalized spacial score (nSPS) is 15.1. The van der Waals surface area contributed by atoms with Crippen molar-refractivity contribution in [3.8, 4) is 5.75 Å². The Balaban J connectivity index is 2.35. The van der Waals surface area contributed by atoms with Crippen LogP contribution < -0.4 is 9.88 Å². The Kier molecular flexibility index (Phi) is 4.75. The molecule has 0 aromatic carbocycles. The van der Waals surface area contributed by atoms with Crippen LogP contribution in [0.4, 0.5) is 0 Å². The molecule has 0 spiro atoms. The summed E-state index contributed by atoms with van der Waals surface area (Å²) in [5, 5.41) is 5.56. The van der Waals surface area contributed by atoms with Crippen molar-refractivity contribution in [1.82, 2.24) is 9.38 Å². The summed E-state index contributed by atoms with van der Waals surface area (Å²) in [5.74, 6) is 0.916. The highest BCUT2D eigenvalue weighted by atomic mass is 79.9. The number of imidazole rings is 1. The highest BCUT2D eigenvalue weighted by Gasteiger charge is 2.27. The third-order valence-corrected chi connectivity index (χ3v) is 5.42. The highest BCUT2D eigenvalue weighted by Crippen LogP contribution is 2.30. The van der Waals surface area contributed by atoms with Gasteiger partial charge in [0.15, 0.2) is 5.65 Å². The van der Waals surface area contributed by atoms with Gasteiger partial charge in [0.2, 0.25) is 0 Å². The summed E-state index contributed by atoms with van der Waals surface area (Å²) in [5.41, 5.74) is 1.78. The molecule has 0 saturated heterocycles. The van der Waals surface area contributed by atoms with Crippen LogP contribution in [0.2, 0.25) is 0 Å². The molecule has 2 N–H and O–H groups in total. The van der Waals surface area contributed by atoms with Crippen molar-refractivity contribution in [3.63, 3.8) is 0 Å². The monoisotopic (exact) mass is 373 g/mol. The van der Waals surface area contributed by atoms with Crippen LogP contribution in [-0.2, 0) is 11.0 Å². The number of ether oxygens (including phenoxy) is 1. The second-order valence-electron chi connectivity index (χ2n) is 5.79. The second kappa shape index (κ2) is 6.06. The lowest BCUT2D eigenvalue weighted by molar-refractivity contribution is 0.412. The molecule has 0 radical (unpaired) electrons. The molecule has 0 aliphatic carbocycles. The SMILES string of the molecule is COc1cc(Br)c2nc([C@H](C)CC(C)(C)S(N)=O)cn2c1. The van der Waals surface area contributed by atoms with E-state index in [1.54, 1.807) is 7.11 Å².